The van der Waals surface area contributed by atoms with Crippen LogP contribution in [0.3, 0.4) is 0 Å². The standard InChI is InChI=1S/C9H14N2O.C2H6/c1-6-7-4-2-3-5-8(7)12-9(10)11-6;1-2/h6H,2-5H2,1H3,(H2,10,11);1-2H3. The van der Waals surface area contributed by atoms with E-state index >= 15 is 0 Å². The molecular weight excluding hydrogens is 176 g/mol. The summed E-state index contributed by atoms with van der Waals surface area (Å²) < 4.78 is 5.37. The average Bonchev–Trinajstić information content (AvgIpc) is 2.20. The maximum absolute atomic E-state index is 5.53. The maximum atomic E-state index is 5.53. The minimum Gasteiger partial charge on any atom is -0.431 e. The van der Waals surface area contributed by atoms with E-state index in [2.05, 4.69) is 11.9 Å². The molecule has 0 radical (unpaired) electrons. The van der Waals surface area contributed by atoms with Crippen LogP contribution in [0.4, 0.5) is 0 Å². The number of ether oxygens (including phenoxy) is 1. The van der Waals surface area contributed by atoms with Crippen molar-refractivity contribution < 1.29 is 4.74 Å². The molecule has 1 aliphatic heterocycles. The topological polar surface area (TPSA) is 47.6 Å². The van der Waals surface area contributed by atoms with E-state index in [0.29, 0.717) is 6.02 Å². The highest BCUT2D eigenvalue weighted by Crippen LogP contribution is 2.31. The Morgan fingerprint density at radius 3 is 2.64 bits per heavy atom. The Labute approximate surface area is 86.0 Å². The lowest BCUT2D eigenvalue weighted by atomic mass is 9.93. The van der Waals surface area contributed by atoms with Crippen LogP contribution in [-0.2, 0) is 4.74 Å². The van der Waals surface area contributed by atoms with E-state index in [0.717, 1.165) is 18.6 Å². The molecule has 0 saturated carbocycles. The van der Waals surface area contributed by atoms with Gasteiger partial charge in [0.1, 0.15) is 5.76 Å². The predicted octanol–water partition coefficient (Wildman–Crippen LogP) is 2.57. The fourth-order valence-electron chi connectivity index (χ4n) is 1.88. The van der Waals surface area contributed by atoms with Gasteiger partial charge in [0.15, 0.2) is 0 Å². The molecule has 3 heteroatoms. The Balaban J connectivity index is 0.000000461. The number of nitrogens with two attached hydrogens (primary N) is 1. The summed E-state index contributed by atoms with van der Waals surface area (Å²) in [5, 5.41) is 0. The minimum absolute atomic E-state index is 0.244. The summed E-state index contributed by atoms with van der Waals surface area (Å²) >= 11 is 0. The van der Waals surface area contributed by atoms with E-state index < -0.39 is 0 Å². The van der Waals surface area contributed by atoms with Crippen LogP contribution in [0.25, 0.3) is 0 Å². The van der Waals surface area contributed by atoms with Gasteiger partial charge in [0.05, 0.1) is 6.04 Å². The van der Waals surface area contributed by atoms with Gasteiger partial charge >= 0.3 is 0 Å². The first-order chi connectivity index (χ1) is 6.77. The van der Waals surface area contributed by atoms with Gasteiger partial charge in [0.2, 0.25) is 0 Å². The van der Waals surface area contributed by atoms with Crippen molar-refractivity contribution in [1.29, 1.82) is 0 Å². The van der Waals surface area contributed by atoms with E-state index in [9.17, 15) is 0 Å². The quantitative estimate of drug-likeness (QED) is 0.647. The molecular formula is C11H20N2O. The van der Waals surface area contributed by atoms with Crippen LogP contribution in [0.5, 0.6) is 0 Å². The number of aliphatic imine (C=N–C) groups is 1. The Morgan fingerprint density at radius 1 is 1.29 bits per heavy atom. The highest BCUT2D eigenvalue weighted by Gasteiger charge is 2.23. The third-order valence-electron chi connectivity index (χ3n) is 2.51. The summed E-state index contributed by atoms with van der Waals surface area (Å²) in [6.07, 6.45) is 4.66. The molecule has 0 fully saturated rings. The van der Waals surface area contributed by atoms with Crippen LogP contribution < -0.4 is 5.73 Å². The van der Waals surface area contributed by atoms with Crippen molar-refractivity contribution in [3.8, 4) is 0 Å². The van der Waals surface area contributed by atoms with Crippen molar-refractivity contribution in [3.63, 3.8) is 0 Å². The number of rotatable bonds is 0. The van der Waals surface area contributed by atoms with Gasteiger partial charge in [-0.05, 0) is 31.8 Å². The normalized spacial score (nSPS) is 25.4. The Hall–Kier alpha value is -0.990. The van der Waals surface area contributed by atoms with Gasteiger partial charge in [0, 0.05) is 6.42 Å². The summed E-state index contributed by atoms with van der Waals surface area (Å²) in [6, 6.07) is 0.581. The maximum Gasteiger partial charge on any atom is 0.287 e. The van der Waals surface area contributed by atoms with Crippen LogP contribution in [-0.4, -0.2) is 12.1 Å². The molecule has 3 nitrogen and oxygen atoms in total. The van der Waals surface area contributed by atoms with E-state index in [4.69, 9.17) is 10.5 Å². The summed E-state index contributed by atoms with van der Waals surface area (Å²) in [7, 11) is 0. The second-order valence-corrected chi connectivity index (χ2v) is 3.40. The minimum atomic E-state index is 0.244. The predicted molar refractivity (Wildman–Crippen MR) is 59.0 cm³/mol. The lowest BCUT2D eigenvalue weighted by Gasteiger charge is -2.26. The van der Waals surface area contributed by atoms with Crippen molar-refractivity contribution in [2.75, 3.05) is 0 Å². The van der Waals surface area contributed by atoms with Crippen LogP contribution >= 0.6 is 0 Å². The number of amidine groups is 1. The molecule has 0 aromatic carbocycles. The smallest absolute Gasteiger partial charge is 0.287 e. The Kier molecular flexibility index (Phi) is 3.98. The zero-order valence-electron chi connectivity index (χ0n) is 9.34. The highest BCUT2D eigenvalue weighted by molar-refractivity contribution is 5.74. The van der Waals surface area contributed by atoms with E-state index in [1.54, 1.807) is 0 Å². The number of allylic oxidation sites excluding steroid dienone is 1. The molecule has 0 aromatic rings. The van der Waals surface area contributed by atoms with Gasteiger partial charge in [0.25, 0.3) is 6.02 Å². The van der Waals surface area contributed by atoms with Crippen LogP contribution in [0.2, 0.25) is 0 Å². The summed E-state index contributed by atoms with van der Waals surface area (Å²) in [6.45, 7) is 6.08. The summed E-state index contributed by atoms with van der Waals surface area (Å²) in [5.41, 5.74) is 6.88. The molecule has 2 rings (SSSR count). The molecule has 0 aromatic heterocycles. The van der Waals surface area contributed by atoms with Gasteiger partial charge in [-0.3, -0.25) is 0 Å². The molecule has 2 N–H and O–H groups in total. The van der Waals surface area contributed by atoms with Crippen LogP contribution in [0, 0.1) is 0 Å². The molecule has 0 amide bonds. The fraction of sp³-hybridized carbons (Fsp3) is 0.727. The molecule has 0 bridgehead atoms. The number of nitrogens with zero attached hydrogens (tertiary/aromatic N) is 1. The monoisotopic (exact) mass is 196 g/mol. The molecule has 0 spiro atoms. The van der Waals surface area contributed by atoms with Crippen LogP contribution in [0.1, 0.15) is 46.5 Å². The molecule has 0 saturated heterocycles. The summed E-state index contributed by atoms with van der Waals surface area (Å²) in [5.74, 6) is 1.08. The molecule has 1 atom stereocenters. The van der Waals surface area contributed by atoms with Crippen molar-refractivity contribution >= 4 is 6.02 Å². The number of hydrogen-bond acceptors (Lipinski definition) is 3. The lowest BCUT2D eigenvalue weighted by Crippen LogP contribution is -2.27. The van der Waals surface area contributed by atoms with Gasteiger partial charge in [-0.25, -0.2) is 4.99 Å². The van der Waals surface area contributed by atoms with E-state index in [1.165, 1.54) is 18.4 Å². The molecule has 14 heavy (non-hydrogen) atoms. The zero-order chi connectivity index (χ0) is 10.6. The van der Waals surface area contributed by atoms with Gasteiger partial charge in [-0.2, -0.15) is 0 Å². The Bertz CT molecular complexity index is 256. The first kappa shape index (κ1) is 11.1. The second kappa shape index (κ2) is 5.03. The van der Waals surface area contributed by atoms with Crippen molar-refractivity contribution in [2.45, 2.75) is 52.5 Å². The van der Waals surface area contributed by atoms with Crippen molar-refractivity contribution in [3.05, 3.63) is 11.3 Å². The first-order valence-electron chi connectivity index (χ1n) is 5.50. The van der Waals surface area contributed by atoms with Crippen LogP contribution in [0.15, 0.2) is 16.3 Å². The lowest BCUT2D eigenvalue weighted by molar-refractivity contribution is 0.335. The second-order valence-electron chi connectivity index (χ2n) is 3.40. The largest absolute Gasteiger partial charge is 0.431 e. The Morgan fingerprint density at radius 2 is 1.93 bits per heavy atom. The highest BCUT2D eigenvalue weighted by atomic mass is 16.5. The molecule has 1 aliphatic carbocycles. The SMILES string of the molecule is CC.CC1N=C(N)OC2=C1CCCC2. The van der Waals surface area contributed by atoms with Crippen molar-refractivity contribution in [2.24, 2.45) is 10.7 Å². The van der Waals surface area contributed by atoms with Crippen molar-refractivity contribution in [1.82, 2.24) is 0 Å². The first-order valence-corrected chi connectivity index (χ1v) is 5.50. The molecule has 2 aliphatic rings. The zero-order valence-corrected chi connectivity index (χ0v) is 9.34. The third-order valence-corrected chi connectivity index (χ3v) is 2.51. The average molecular weight is 196 g/mol. The van der Waals surface area contributed by atoms with E-state index in [-0.39, 0.29) is 6.04 Å². The third kappa shape index (κ3) is 2.28. The molecule has 1 heterocycles. The summed E-state index contributed by atoms with van der Waals surface area (Å²) in [4.78, 5) is 4.18. The molecule has 1 unspecified atom stereocenters. The number of hydrogen-bond donors (Lipinski definition) is 1. The van der Waals surface area contributed by atoms with Gasteiger partial charge < -0.3 is 10.5 Å². The van der Waals surface area contributed by atoms with E-state index in [1.807, 2.05) is 13.8 Å². The van der Waals surface area contributed by atoms with Gasteiger partial charge in [-0.1, -0.05) is 13.8 Å². The van der Waals surface area contributed by atoms with Gasteiger partial charge in [-0.15, -0.1) is 0 Å². The molecule has 80 valence electrons. The fourth-order valence-corrected chi connectivity index (χ4v) is 1.88.